The number of benzene rings is 1. The van der Waals surface area contributed by atoms with Crippen molar-refractivity contribution in [1.29, 1.82) is 0 Å². The van der Waals surface area contributed by atoms with E-state index in [0.717, 1.165) is 37.9 Å². The number of nitrogens with zero attached hydrogens (tertiary/aromatic N) is 3. The molecule has 1 saturated heterocycles. The van der Waals surface area contributed by atoms with E-state index >= 15 is 0 Å². The van der Waals surface area contributed by atoms with Crippen LogP contribution in [0.1, 0.15) is 24.8 Å². The van der Waals surface area contributed by atoms with Gasteiger partial charge >= 0.3 is 0 Å². The fourth-order valence-electron chi connectivity index (χ4n) is 3.18. The van der Waals surface area contributed by atoms with Crippen molar-refractivity contribution in [3.05, 3.63) is 29.8 Å². The molecule has 5 nitrogen and oxygen atoms in total. The quantitative estimate of drug-likeness (QED) is 0.752. The number of aryl methyl sites for hydroxylation is 1. The van der Waals surface area contributed by atoms with E-state index in [4.69, 9.17) is 0 Å². The zero-order valence-electron chi connectivity index (χ0n) is 15.4. The van der Waals surface area contributed by atoms with Crippen LogP contribution in [0.3, 0.4) is 0 Å². The molecule has 24 heavy (non-hydrogen) atoms. The predicted molar refractivity (Wildman–Crippen MR) is 98.8 cm³/mol. The summed E-state index contributed by atoms with van der Waals surface area (Å²) in [4.78, 5) is 4.91. The summed E-state index contributed by atoms with van der Waals surface area (Å²) >= 11 is 0. The van der Waals surface area contributed by atoms with E-state index in [1.165, 1.54) is 0 Å². The fraction of sp³-hybridized carbons (Fsp3) is 0.667. The van der Waals surface area contributed by atoms with Crippen LogP contribution in [0.4, 0.5) is 0 Å². The highest BCUT2D eigenvalue weighted by molar-refractivity contribution is 7.89. The average molecular weight is 354 g/mol. The summed E-state index contributed by atoms with van der Waals surface area (Å²) in [5.74, 6) is 0. The van der Waals surface area contributed by atoms with Crippen molar-refractivity contribution in [3.63, 3.8) is 0 Å². The Morgan fingerprint density at radius 3 is 2.42 bits per heavy atom. The van der Waals surface area contributed by atoms with Gasteiger partial charge in [-0.15, -0.1) is 0 Å². The summed E-state index contributed by atoms with van der Waals surface area (Å²) in [5.41, 5.74) is 1.08. The van der Waals surface area contributed by atoms with E-state index in [-0.39, 0.29) is 0 Å². The molecule has 1 fully saturated rings. The lowest BCUT2D eigenvalue weighted by Gasteiger charge is -2.37. The molecule has 1 aromatic rings. The molecule has 2 rings (SSSR count). The van der Waals surface area contributed by atoms with Gasteiger partial charge in [0.15, 0.2) is 0 Å². The van der Waals surface area contributed by atoms with Gasteiger partial charge in [0.05, 0.1) is 4.90 Å². The Hall–Kier alpha value is -0.950. The first-order chi connectivity index (χ1) is 11.3. The van der Waals surface area contributed by atoms with Gasteiger partial charge < -0.3 is 9.80 Å². The number of hydrogen-bond acceptors (Lipinski definition) is 4. The van der Waals surface area contributed by atoms with Gasteiger partial charge in [-0.25, -0.2) is 8.42 Å². The Morgan fingerprint density at radius 2 is 1.79 bits per heavy atom. The Morgan fingerprint density at radius 1 is 1.12 bits per heavy atom. The van der Waals surface area contributed by atoms with E-state index in [2.05, 4.69) is 30.9 Å². The molecule has 1 aromatic carbocycles. The summed E-state index contributed by atoms with van der Waals surface area (Å²) in [6.07, 6.45) is 3.09. The van der Waals surface area contributed by atoms with Gasteiger partial charge in [0.2, 0.25) is 10.0 Å². The molecule has 0 spiro atoms. The van der Waals surface area contributed by atoms with Gasteiger partial charge in [0.1, 0.15) is 0 Å². The number of piperidine rings is 1. The Kier molecular flexibility index (Phi) is 6.80. The highest BCUT2D eigenvalue weighted by atomic mass is 32.2. The second kappa shape index (κ2) is 8.43. The van der Waals surface area contributed by atoms with Crippen LogP contribution >= 0.6 is 0 Å². The molecule has 0 N–H and O–H groups in total. The van der Waals surface area contributed by atoms with Crippen molar-refractivity contribution in [1.82, 2.24) is 14.1 Å². The molecule has 0 radical (unpaired) electrons. The molecular weight excluding hydrogens is 322 g/mol. The van der Waals surface area contributed by atoms with Crippen LogP contribution in [0, 0.1) is 6.92 Å². The molecule has 1 aliphatic heterocycles. The fourth-order valence-corrected chi connectivity index (χ4v) is 4.69. The second-order valence-corrected chi connectivity index (χ2v) is 9.05. The van der Waals surface area contributed by atoms with Gasteiger partial charge in [0, 0.05) is 19.1 Å². The number of hydrogen-bond donors (Lipinski definition) is 0. The van der Waals surface area contributed by atoms with Crippen molar-refractivity contribution in [2.75, 3.05) is 47.3 Å². The van der Waals surface area contributed by atoms with Crippen molar-refractivity contribution in [2.45, 2.75) is 37.1 Å². The molecular formula is C18H31N3O2S. The topological polar surface area (TPSA) is 43.9 Å². The van der Waals surface area contributed by atoms with Crippen molar-refractivity contribution >= 4 is 10.0 Å². The smallest absolute Gasteiger partial charge is 0.243 e. The van der Waals surface area contributed by atoms with Gasteiger partial charge in [-0.3, -0.25) is 0 Å². The maximum Gasteiger partial charge on any atom is 0.243 e. The standard InChI is InChI=1S/C18H31N3O2S/c1-16-8-10-18(11-9-16)24(22,23)21-14-5-7-17(15-21)20(4)13-6-12-19(2)3/h8-11,17H,5-7,12-15H2,1-4H3. The van der Waals surface area contributed by atoms with Crippen molar-refractivity contribution in [2.24, 2.45) is 0 Å². The SMILES string of the molecule is Cc1ccc(S(=O)(=O)N2CCCC(N(C)CCCN(C)C)C2)cc1. The lowest BCUT2D eigenvalue weighted by Crippen LogP contribution is -2.48. The molecule has 1 heterocycles. The molecule has 1 unspecified atom stereocenters. The Bertz CT molecular complexity index is 614. The maximum atomic E-state index is 12.9. The van der Waals surface area contributed by atoms with Crippen LogP contribution < -0.4 is 0 Å². The first kappa shape index (κ1) is 19.4. The van der Waals surface area contributed by atoms with Crippen LogP contribution in [0.25, 0.3) is 0 Å². The van der Waals surface area contributed by atoms with E-state index < -0.39 is 10.0 Å². The number of likely N-dealkylation sites (N-methyl/N-ethyl adjacent to an activating group) is 1. The summed E-state index contributed by atoms with van der Waals surface area (Å²) in [6.45, 7) is 5.24. The van der Waals surface area contributed by atoms with E-state index in [1.807, 2.05) is 19.1 Å². The maximum absolute atomic E-state index is 12.9. The van der Waals surface area contributed by atoms with E-state index in [9.17, 15) is 8.42 Å². The summed E-state index contributed by atoms with van der Waals surface area (Å²) in [7, 11) is 2.89. The number of rotatable bonds is 7. The minimum absolute atomic E-state index is 0.307. The second-order valence-electron chi connectivity index (χ2n) is 7.11. The summed E-state index contributed by atoms with van der Waals surface area (Å²) in [5, 5.41) is 0. The summed E-state index contributed by atoms with van der Waals surface area (Å²) < 4.78 is 27.4. The van der Waals surface area contributed by atoms with Crippen LogP contribution in [-0.4, -0.2) is 75.9 Å². The summed E-state index contributed by atoms with van der Waals surface area (Å²) in [6, 6.07) is 7.47. The first-order valence-electron chi connectivity index (χ1n) is 8.72. The molecule has 0 aliphatic carbocycles. The third-order valence-electron chi connectivity index (χ3n) is 4.76. The normalized spacial score (nSPS) is 20.0. The molecule has 1 aliphatic rings. The largest absolute Gasteiger partial charge is 0.309 e. The van der Waals surface area contributed by atoms with Gasteiger partial charge in [-0.2, -0.15) is 4.31 Å². The minimum atomic E-state index is -3.38. The van der Waals surface area contributed by atoms with Crippen LogP contribution in [0.5, 0.6) is 0 Å². The van der Waals surface area contributed by atoms with E-state index in [0.29, 0.717) is 24.0 Å². The molecule has 1 atom stereocenters. The van der Waals surface area contributed by atoms with Crippen LogP contribution in [-0.2, 0) is 10.0 Å². The monoisotopic (exact) mass is 353 g/mol. The first-order valence-corrected chi connectivity index (χ1v) is 10.2. The molecule has 6 heteroatoms. The van der Waals surface area contributed by atoms with Gasteiger partial charge in [-0.05, 0) is 72.6 Å². The van der Waals surface area contributed by atoms with Gasteiger partial charge in [-0.1, -0.05) is 17.7 Å². The minimum Gasteiger partial charge on any atom is -0.309 e. The van der Waals surface area contributed by atoms with Gasteiger partial charge in [0.25, 0.3) is 0 Å². The third kappa shape index (κ3) is 5.02. The van der Waals surface area contributed by atoms with Crippen LogP contribution in [0.15, 0.2) is 29.2 Å². The number of sulfonamides is 1. The highest BCUT2D eigenvalue weighted by Gasteiger charge is 2.31. The average Bonchev–Trinajstić information content (AvgIpc) is 2.55. The predicted octanol–water partition coefficient (Wildman–Crippen LogP) is 2.03. The molecule has 0 amide bonds. The Balaban J connectivity index is 2.00. The zero-order valence-corrected chi connectivity index (χ0v) is 16.2. The van der Waals surface area contributed by atoms with Crippen molar-refractivity contribution in [3.8, 4) is 0 Å². The molecule has 0 saturated carbocycles. The lowest BCUT2D eigenvalue weighted by molar-refractivity contribution is 0.158. The van der Waals surface area contributed by atoms with Crippen LogP contribution in [0.2, 0.25) is 0 Å². The third-order valence-corrected chi connectivity index (χ3v) is 6.64. The molecule has 0 bridgehead atoms. The Labute approximate surface area is 147 Å². The zero-order chi connectivity index (χ0) is 17.7. The molecule has 0 aromatic heterocycles. The lowest BCUT2D eigenvalue weighted by atomic mass is 10.1. The van der Waals surface area contributed by atoms with Crippen molar-refractivity contribution < 1.29 is 8.42 Å². The molecule has 136 valence electrons. The highest BCUT2D eigenvalue weighted by Crippen LogP contribution is 2.23. The van der Waals surface area contributed by atoms with E-state index in [1.54, 1.807) is 16.4 Å².